The first-order chi connectivity index (χ1) is 15.2. The number of rotatable bonds is 7. The Balaban J connectivity index is 1.73. The van der Waals surface area contributed by atoms with Crippen molar-refractivity contribution in [3.8, 4) is 11.1 Å². The average Bonchev–Trinajstić information content (AvgIpc) is 3.18. The molecule has 5 N–H and O–H groups in total. The molecule has 0 unspecified atom stereocenters. The molecule has 1 aliphatic rings. The lowest BCUT2D eigenvalue weighted by Crippen LogP contribution is -2.53. The van der Waals surface area contributed by atoms with Gasteiger partial charge >= 0.3 is 0 Å². The number of halogens is 1. The van der Waals surface area contributed by atoms with E-state index in [1.807, 2.05) is 13.8 Å². The summed E-state index contributed by atoms with van der Waals surface area (Å²) in [7, 11) is 0. The van der Waals surface area contributed by atoms with E-state index in [4.69, 9.17) is 5.73 Å². The van der Waals surface area contributed by atoms with Gasteiger partial charge in [0.15, 0.2) is 0 Å². The zero-order valence-corrected chi connectivity index (χ0v) is 18.1. The van der Waals surface area contributed by atoms with Crippen molar-refractivity contribution in [1.29, 1.82) is 0 Å². The number of β-amino-alcohol motifs (C(OH)–C–C–N with tert-alkyl or cyclic N) is 1. The van der Waals surface area contributed by atoms with Crippen LogP contribution in [0, 0.1) is 11.7 Å². The molecule has 1 aromatic heterocycles. The fourth-order valence-corrected chi connectivity index (χ4v) is 3.79. The van der Waals surface area contributed by atoms with Gasteiger partial charge in [0.05, 0.1) is 31.0 Å². The number of aliphatic hydroxyl groups excluding tert-OH is 2. The van der Waals surface area contributed by atoms with E-state index in [2.05, 4.69) is 10.3 Å². The lowest BCUT2D eigenvalue weighted by Gasteiger charge is -2.29. The van der Waals surface area contributed by atoms with Gasteiger partial charge in [0.25, 0.3) is 0 Å². The van der Waals surface area contributed by atoms with E-state index in [0.29, 0.717) is 16.7 Å². The molecule has 1 aromatic carbocycles. The largest absolute Gasteiger partial charge is 0.394 e. The number of hydrogen-bond donors (Lipinski definition) is 4. The number of nitrogens with zero attached hydrogens (tertiary/aromatic N) is 2. The van der Waals surface area contributed by atoms with Crippen LogP contribution in [0.4, 0.5) is 4.39 Å². The molecule has 2 amide bonds. The molecule has 0 saturated carbocycles. The van der Waals surface area contributed by atoms with Gasteiger partial charge in [-0.3, -0.25) is 14.6 Å². The van der Waals surface area contributed by atoms with Crippen molar-refractivity contribution in [2.45, 2.75) is 44.5 Å². The van der Waals surface area contributed by atoms with Gasteiger partial charge in [-0.25, -0.2) is 4.39 Å². The molecule has 4 atom stereocenters. The number of pyridine rings is 1. The molecule has 0 bridgehead atoms. The number of hydrogen-bond acceptors (Lipinski definition) is 6. The molecule has 2 heterocycles. The Morgan fingerprint density at radius 2 is 1.97 bits per heavy atom. The van der Waals surface area contributed by atoms with Crippen LogP contribution in [0.15, 0.2) is 42.7 Å². The highest BCUT2D eigenvalue weighted by Gasteiger charge is 2.41. The second kappa shape index (κ2) is 10.2. The molecule has 0 radical (unpaired) electrons. The molecule has 8 nitrogen and oxygen atoms in total. The third-order valence-corrected chi connectivity index (χ3v) is 5.76. The molecule has 0 aliphatic carbocycles. The normalized spacial score (nSPS) is 20.3. The highest BCUT2D eigenvalue weighted by atomic mass is 19.1. The van der Waals surface area contributed by atoms with Crippen molar-refractivity contribution >= 4 is 11.8 Å². The number of benzene rings is 1. The highest BCUT2D eigenvalue weighted by Crippen LogP contribution is 2.25. The predicted molar refractivity (Wildman–Crippen MR) is 117 cm³/mol. The number of aromatic nitrogens is 1. The van der Waals surface area contributed by atoms with E-state index < -0.39 is 36.0 Å². The summed E-state index contributed by atoms with van der Waals surface area (Å²) in [6.07, 6.45) is 1.91. The fourth-order valence-electron chi connectivity index (χ4n) is 3.79. The van der Waals surface area contributed by atoms with Crippen molar-refractivity contribution in [3.05, 3.63) is 54.1 Å². The Bertz CT molecular complexity index is 953. The number of amides is 2. The summed E-state index contributed by atoms with van der Waals surface area (Å²) in [5.74, 6) is -1.43. The van der Waals surface area contributed by atoms with Crippen LogP contribution >= 0.6 is 0 Å². The lowest BCUT2D eigenvalue weighted by atomic mass is 10.0. The summed E-state index contributed by atoms with van der Waals surface area (Å²) in [6.45, 7) is 3.29. The zero-order chi connectivity index (χ0) is 23.4. The molecule has 1 fully saturated rings. The van der Waals surface area contributed by atoms with Crippen molar-refractivity contribution < 1.29 is 24.2 Å². The third kappa shape index (κ3) is 5.12. The maximum atomic E-state index is 14.0. The predicted octanol–water partition coefficient (Wildman–Crippen LogP) is 0.982. The number of carbonyl (C=O) groups is 2. The van der Waals surface area contributed by atoms with Gasteiger partial charge < -0.3 is 26.2 Å². The smallest absolute Gasteiger partial charge is 0.243 e. The molecular weight excluding hydrogens is 415 g/mol. The van der Waals surface area contributed by atoms with E-state index in [-0.39, 0.29) is 31.4 Å². The Morgan fingerprint density at radius 1 is 1.28 bits per heavy atom. The van der Waals surface area contributed by atoms with Crippen LogP contribution in [0.25, 0.3) is 11.1 Å². The topological polar surface area (TPSA) is 129 Å². The third-order valence-electron chi connectivity index (χ3n) is 5.76. The number of likely N-dealkylation sites (tertiary alicyclic amines) is 1. The second-order valence-electron chi connectivity index (χ2n) is 8.39. The highest BCUT2D eigenvalue weighted by molar-refractivity contribution is 5.90. The molecule has 32 heavy (non-hydrogen) atoms. The number of carbonyl (C=O) groups excluding carboxylic acids is 2. The van der Waals surface area contributed by atoms with E-state index in [1.54, 1.807) is 30.3 Å². The first-order valence-corrected chi connectivity index (χ1v) is 10.6. The Hall–Kier alpha value is -2.88. The molecule has 1 saturated heterocycles. The number of nitrogens with one attached hydrogen (secondary N) is 1. The molecule has 9 heteroatoms. The molecular formula is C23H29FN4O4. The molecule has 0 spiro atoms. The van der Waals surface area contributed by atoms with Crippen LogP contribution in [0.2, 0.25) is 0 Å². The quantitative estimate of drug-likeness (QED) is 0.504. The maximum Gasteiger partial charge on any atom is 0.243 e. The van der Waals surface area contributed by atoms with Crippen LogP contribution in [-0.4, -0.2) is 63.3 Å². The summed E-state index contributed by atoms with van der Waals surface area (Å²) < 4.78 is 14.0. The summed E-state index contributed by atoms with van der Waals surface area (Å²) in [5, 5.41) is 22.7. The lowest BCUT2D eigenvalue weighted by molar-refractivity contribution is -0.140. The van der Waals surface area contributed by atoms with Gasteiger partial charge in [-0.15, -0.1) is 0 Å². The minimum atomic E-state index is -0.874. The van der Waals surface area contributed by atoms with Crippen LogP contribution < -0.4 is 11.1 Å². The Kier molecular flexibility index (Phi) is 7.55. The fraction of sp³-hybridized carbons (Fsp3) is 0.435. The molecule has 3 rings (SSSR count). The SMILES string of the molecule is CC(C)[C@H](N)C(=O)N1C[C@H](O)C[C@H]1C(=O)N[C@@H](CO)c1ccc(-c2ccncc2F)cc1. The summed E-state index contributed by atoms with van der Waals surface area (Å²) in [5.41, 5.74) is 7.61. The van der Waals surface area contributed by atoms with E-state index in [9.17, 15) is 24.2 Å². The standard InChI is InChI=1S/C23H29FN4O4/c1-13(2)21(25)23(32)28-11-16(30)9-20(28)22(31)27-19(12-29)15-5-3-14(4-6-15)17-7-8-26-10-18(17)24/h3-8,10,13,16,19-21,29-30H,9,11-12,25H2,1-2H3,(H,27,31)/t16-,19+,20+,21+/m1/s1. The number of aliphatic hydroxyl groups is 2. The van der Waals surface area contributed by atoms with Crippen LogP contribution in [0.3, 0.4) is 0 Å². The summed E-state index contributed by atoms with van der Waals surface area (Å²) in [6, 6.07) is 5.96. The van der Waals surface area contributed by atoms with E-state index in [0.717, 1.165) is 6.20 Å². The van der Waals surface area contributed by atoms with Crippen molar-refractivity contribution in [3.63, 3.8) is 0 Å². The molecule has 2 aromatic rings. The van der Waals surface area contributed by atoms with Gasteiger partial charge in [-0.2, -0.15) is 0 Å². The summed E-state index contributed by atoms with van der Waals surface area (Å²) in [4.78, 5) is 30.7. The van der Waals surface area contributed by atoms with Gasteiger partial charge in [-0.1, -0.05) is 38.1 Å². The zero-order valence-electron chi connectivity index (χ0n) is 18.1. The summed E-state index contributed by atoms with van der Waals surface area (Å²) >= 11 is 0. The van der Waals surface area contributed by atoms with Gasteiger partial charge in [0.2, 0.25) is 11.8 Å². The minimum absolute atomic E-state index is 0.0350. The molecule has 1 aliphatic heterocycles. The first-order valence-electron chi connectivity index (χ1n) is 10.6. The Morgan fingerprint density at radius 3 is 2.56 bits per heavy atom. The van der Waals surface area contributed by atoms with Gasteiger partial charge in [0.1, 0.15) is 11.9 Å². The second-order valence-corrected chi connectivity index (χ2v) is 8.39. The van der Waals surface area contributed by atoms with E-state index in [1.165, 1.54) is 11.1 Å². The maximum absolute atomic E-state index is 14.0. The van der Waals surface area contributed by atoms with Crippen molar-refractivity contribution in [2.75, 3.05) is 13.2 Å². The van der Waals surface area contributed by atoms with Crippen LogP contribution in [0.1, 0.15) is 31.9 Å². The van der Waals surface area contributed by atoms with Crippen LogP contribution in [-0.2, 0) is 9.59 Å². The average molecular weight is 445 g/mol. The van der Waals surface area contributed by atoms with Crippen molar-refractivity contribution in [2.24, 2.45) is 11.7 Å². The number of nitrogens with two attached hydrogens (primary N) is 1. The van der Waals surface area contributed by atoms with Crippen molar-refractivity contribution in [1.82, 2.24) is 15.2 Å². The van der Waals surface area contributed by atoms with E-state index >= 15 is 0 Å². The Labute approximate surface area is 186 Å². The van der Waals surface area contributed by atoms with Crippen LogP contribution in [0.5, 0.6) is 0 Å². The first kappa shape index (κ1) is 23.8. The van der Waals surface area contributed by atoms with Gasteiger partial charge in [-0.05, 0) is 23.1 Å². The monoisotopic (exact) mass is 444 g/mol. The molecule has 172 valence electrons. The van der Waals surface area contributed by atoms with Gasteiger partial charge in [0, 0.05) is 24.7 Å². The minimum Gasteiger partial charge on any atom is -0.394 e.